The van der Waals surface area contributed by atoms with E-state index in [0.29, 0.717) is 17.6 Å². The highest BCUT2D eigenvalue weighted by Gasteiger charge is 2.23. The zero-order chi connectivity index (χ0) is 20.2. The maximum atomic E-state index is 12.3. The van der Waals surface area contributed by atoms with Crippen LogP contribution in [0.4, 0.5) is 4.79 Å². The van der Waals surface area contributed by atoms with E-state index >= 15 is 0 Å². The lowest BCUT2D eigenvalue weighted by Crippen LogP contribution is -2.44. The van der Waals surface area contributed by atoms with E-state index in [1.165, 1.54) is 0 Å². The molecule has 27 heavy (non-hydrogen) atoms. The van der Waals surface area contributed by atoms with E-state index < -0.39 is 0 Å². The van der Waals surface area contributed by atoms with Crippen LogP contribution in [0.1, 0.15) is 37.5 Å². The summed E-state index contributed by atoms with van der Waals surface area (Å²) in [6, 6.07) is -0.405. The number of rotatable bonds is 7. The molecule has 1 fully saturated rings. The van der Waals surface area contributed by atoms with Gasteiger partial charge in [0.25, 0.3) is 6.47 Å². The first-order valence-corrected chi connectivity index (χ1v) is 9.02. The van der Waals surface area contributed by atoms with Crippen molar-refractivity contribution in [1.82, 2.24) is 25.3 Å². The molecule has 154 valence electrons. The molecule has 10 heteroatoms. The minimum absolute atomic E-state index is 0.111. The number of piperidine rings is 1. The predicted molar refractivity (Wildman–Crippen MR) is 98.3 cm³/mol. The summed E-state index contributed by atoms with van der Waals surface area (Å²) >= 11 is 0. The van der Waals surface area contributed by atoms with Crippen LogP contribution in [0.15, 0.2) is 4.52 Å². The van der Waals surface area contributed by atoms with Crippen molar-refractivity contribution in [2.75, 3.05) is 46.9 Å². The van der Waals surface area contributed by atoms with Crippen molar-refractivity contribution in [2.45, 2.75) is 32.7 Å². The van der Waals surface area contributed by atoms with Crippen LogP contribution in [0.3, 0.4) is 0 Å². The Morgan fingerprint density at radius 2 is 2.15 bits per heavy atom. The van der Waals surface area contributed by atoms with Gasteiger partial charge in [-0.15, -0.1) is 0 Å². The van der Waals surface area contributed by atoms with Crippen molar-refractivity contribution < 1.29 is 24.0 Å². The van der Waals surface area contributed by atoms with E-state index in [9.17, 15) is 4.79 Å². The minimum atomic E-state index is -0.294. The van der Waals surface area contributed by atoms with Crippen molar-refractivity contribution in [3.8, 4) is 0 Å². The summed E-state index contributed by atoms with van der Waals surface area (Å²) in [4.78, 5) is 29.0. The number of amides is 2. The predicted octanol–water partition coefficient (Wildman–Crippen LogP) is 1.14. The second-order valence-electron chi connectivity index (χ2n) is 6.61. The quantitative estimate of drug-likeness (QED) is 0.670. The van der Waals surface area contributed by atoms with Crippen LogP contribution in [0, 0.1) is 12.8 Å². The fraction of sp³-hybridized carbons (Fsp3) is 0.765. The molecule has 0 spiro atoms. The number of carbonyl (C=O) groups excluding carboxylic acids is 1. The summed E-state index contributed by atoms with van der Waals surface area (Å²) < 4.78 is 10.2. The van der Waals surface area contributed by atoms with Gasteiger partial charge in [0.15, 0.2) is 5.82 Å². The summed E-state index contributed by atoms with van der Waals surface area (Å²) in [7, 11) is 3.56. The van der Waals surface area contributed by atoms with Gasteiger partial charge < -0.3 is 29.5 Å². The summed E-state index contributed by atoms with van der Waals surface area (Å²) in [6.45, 7) is 8.02. The second-order valence-corrected chi connectivity index (χ2v) is 6.61. The topological polar surface area (TPSA) is 121 Å². The van der Waals surface area contributed by atoms with E-state index in [1.54, 1.807) is 18.9 Å². The molecule has 1 aromatic heterocycles. The molecule has 1 atom stereocenters. The third-order valence-corrected chi connectivity index (χ3v) is 4.45. The van der Waals surface area contributed by atoms with Crippen LogP contribution in [-0.2, 0) is 9.53 Å². The molecule has 10 nitrogen and oxygen atoms in total. The van der Waals surface area contributed by atoms with Crippen LogP contribution in [0.2, 0.25) is 0 Å². The molecule has 2 heterocycles. The van der Waals surface area contributed by atoms with Gasteiger partial charge in [0.1, 0.15) is 6.04 Å². The van der Waals surface area contributed by atoms with Crippen molar-refractivity contribution >= 4 is 12.5 Å². The molecule has 0 bridgehead atoms. The Morgan fingerprint density at radius 1 is 1.52 bits per heavy atom. The average molecular weight is 385 g/mol. The molecule has 1 saturated heterocycles. The third kappa shape index (κ3) is 8.35. The molecule has 1 unspecified atom stereocenters. The van der Waals surface area contributed by atoms with Crippen molar-refractivity contribution in [3.63, 3.8) is 0 Å². The number of nitrogens with zero attached hydrogens (tertiary/aromatic N) is 4. The van der Waals surface area contributed by atoms with Gasteiger partial charge in [-0.3, -0.25) is 4.79 Å². The first-order valence-electron chi connectivity index (χ1n) is 9.02. The van der Waals surface area contributed by atoms with Crippen LogP contribution in [-0.4, -0.2) is 84.5 Å². The van der Waals surface area contributed by atoms with Gasteiger partial charge in [-0.2, -0.15) is 4.98 Å². The molecule has 1 aromatic rings. The molecule has 0 radical (unpaired) electrons. The van der Waals surface area contributed by atoms with Gasteiger partial charge in [0.05, 0.1) is 6.61 Å². The average Bonchev–Trinajstić information content (AvgIpc) is 3.08. The van der Waals surface area contributed by atoms with E-state index in [4.69, 9.17) is 19.2 Å². The number of likely N-dealkylation sites (tertiary alicyclic amines) is 1. The van der Waals surface area contributed by atoms with Crippen LogP contribution in [0.5, 0.6) is 0 Å². The Balaban J connectivity index is 0.00000114. The molecule has 2 rings (SSSR count). The zero-order valence-corrected chi connectivity index (χ0v) is 16.6. The van der Waals surface area contributed by atoms with E-state index in [-0.39, 0.29) is 18.5 Å². The van der Waals surface area contributed by atoms with Crippen LogP contribution in [0.25, 0.3) is 0 Å². The standard InChI is InChI=1S/C16H29N5O3.CH2O2/c1-12(15-18-13(2)19-24-15)17-16(22)20(3)11-14-5-7-21(8-6-14)9-10-23-4;2-1-3/h12,14H,5-11H2,1-4H3,(H,17,22);1H,(H,2,3). The van der Waals surface area contributed by atoms with Gasteiger partial charge in [-0.05, 0) is 45.7 Å². The highest BCUT2D eigenvalue weighted by atomic mass is 16.5. The van der Waals surface area contributed by atoms with Gasteiger partial charge in [0.2, 0.25) is 5.89 Å². The maximum Gasteiger partial charge on any atom is 0.317 e. The number of urea groups is 1. The van der Waals surface area contributed by atoms with Gasteiger partial charge >= 0.3 is 6.03 Å². The second kappa shape index (κ2) is 12.2. The lowest BCUT2D eigenvalue weighted by Gasteiger charge is -2.33. The monoisotopic (exact) mass is 385 g/mol. The first-order chi connectivity index (χ1) is 12.9. The molecule has 2 N–H and O–H groups in total. The fourth-order valence-electron chi connectivity index (χ4n) is 2.93. The highest BCUT2D eigenvalue weighted by Crippen LogP contribution is 2.18. The molecule has 1 aliphatic rings. The van der Waals surface area contributed by atoms with Crippen LogP contribution < -0.4 is 5.32 Å². The van der Waals surface area contributed by atoms with E-state index in [1.807, 2.05) is 14.0 Å². The molecule has 0 aromatic carbocycles. The number of nitrogens with one attached hydrogen (secondary N) is 1. The molecular weight excluding hydrogens is 354 g/mol. The number of hydrogen-bond acceptors (Lipinski definition) is 7. The molecule has 0 aliphatic carbocycles. The summed E-state index contributed by atoms with van der Waals surface area (Å²) in [6.07, 6.45) is 2.22. The molecular formula is C17H31N5O5. The summed E-state index contributed by atoms with van der Waals surface area (Å²) in [5.74, 6) is 1.54. The lowest BCUT2D eigenvalue weighted by molar-refractivity contribution is -0.122. The first kappa shape index (κ1) is 22.8. The highest BCUT2D eigenvalue weighted by molar-refractivity contribution is 5.74. The number of methoxy groups -OCH3 is 1. The fourth-order valence-corrected chi connectivity index (χ4v) is 2.93. The van der Waals surface area contributed by atoms with Gasteiger partial charge in [0, 0.05) is 27.2 Å². The number of carbonyl (C=O) groups is 2. The number of carboxylic acid groups (broad SMARTS) is 1. The number of hydrogen-bond donors (Lipinski definition) is 2. The third-order valence-electron chi connectivity index (χ3n) is 4.45. The minimum Gasteiger partial charge on any atom is -0.483 e. The van der Waals surface area contributed by atoms with Gasteiger partial charge in [-0.1, -0.05) is 5.16 Å². The van der Waals surface area contributed by atoms with E-state index in [2.05, 4.69) is 20.4 Å². The molecule has 2 amide bonds. The Bertz CT molecular complexity index is 560. The Labute approximate surface area is 159 Å². The largest absolute Gasteiger partial charge is 0.483 e. The van der Waals surface area contributed by atoms with E-state index in [0.717, 1.165) is 45.6 Å². The molecule has 1 aliphatic heterocycles. The normalized spacial score (nSPS) is 16.1. The van der Waals surface area contributed by atoms with Gasteiger partial charge in [-0.25, -0.2) is 4.79 Å². The number of ether oxygens (including phenoxy) is 1. The Kier molecular flexibility index (Phi) is 10.3. The maximum absolute atomic E-state index is 12.3. The SMILES string of the molecule is COCCN1CCC(CN(C)C(=O)NC(C)c2nc(C)no2)CC1.O=CO. The summed E-state index contributed by atoms with van der Waals surface area (Å²) in [5, 5.41) is 13.5. The van der Waals surface area contributed by atoms with Crippen LogP contribution >= 0.6 is 0 Å². The van der Waals surface area contributed by atoms with Crippen molar-refractivity contribution in [2.24, 2.45) is 5.92 Å². The smallest absolute Gasteiger partial charge is 0.317 e. The Hall–Kier alpha value is -2.20. The summed E-state index contributed by atoms with van der Waals surface area (Å²) in [5.41, 5.74) is 0. The lowest BCUT2D eigenvalue weighted by atomic mass is 9.96. The Morgan fingerprint density at radius 3 is 2.67 bits per heavy atom. The number of aryl methyl sites for hydroxylation is 1. The molecule has 0 saturated carbocycles. The number of aromatic nitrogens is 2. The van der Waals surface area contributed by atoms with Crippen molar-refractivity contribution in [1.29, 1.82) is 0 Å². The van der Waals surface area contributed by atoms with Crippen molar-refractivity contribution in [3.05, 3.63) is 11.7 Å². The zero-order valence-electron chi connectivity index (χ0n) is 16.6.